The molecule has 0 aromatic carbocycles. The molecule has 0 saturated heterocycles. The van der Waals surface area contributed by atoms with Gasteiger partial charge in [-0.3, -0.25) is 4.90 Å². The van der Waals surface area contributed by atoms with E-state index in [9.17, 15) is 5.11 Å². The Balaban J connectivity index is 3.90. The van der Waals surface area contributed by atoms with Crippen molar-refractivity contribution in [3.63, 3.8) is 0 Å². The molecule has 68 valence electrons. The van der Waals surface area contributed by atoms with Gasteiger partial charge in [-0.05, 0) is 34.2 Å². The van der Waals surface area contributed by atoms with E-state index in [0.29, 0.717) is 6.04 Å². The average Bonchev–Trinajstić information content (AvgIpc) is 2.00. The van der Waals surface area contributed by atoms with Crippen LogP contribution in [0.5, 0.6) is 0 Å². The van der Waals surface area contributed by atoms with Crippen molar-refractivity contribution in [2.45, 2.75) is 52.3 Å². The van der Waals surface area contributed by atoms with Crippen molar-refractivity contribution in [1.82, 2.24) is 4.90 Å². The van der Waals surface area contributed by atoms with Gasteiger partial charge in [0.1, 0.15) is 0 Å². The fraction of sp³-hybridized carbons (Fsp3) is 1.00. The fourth-order valence-corrected chi connectivity index (χ4v) is 1.08. The smallest absolute Gasteiger partial charge is 0.0690 e. The highest BCUT2D eigenvalue weighted by molar-refractivity contribution is 4.73. The molecule has 0 heterocycles. The fourth-order valence-electron chi connectivity index (χ4n) is 1.08. The monoisotopic (exact) mass is 159 g/mol. The summed E-state index contributed by atoms with van der Waals surface area (Å²) < 4.78 is 0. The summed E-state index contributed by atoms with van der Waals surface area (Å²) >= 11 is 0. The average molecular weight is 159 g/mol. The Bertz CT molecular complexity index is 104. The zero-order chi connectivity index (χ0) is 9.02. The van der Waals surface area contributed by atoms with E-state index < -0.39 is 0 Å². The number of hydrogen-bond donors (Lipinski definition) is 1. The molecule has 0 fully saturated rings. The van der Waals surface area contributed by atoms with E-state index >= 15 is 0 Å². The highest BCUT2D eigenvalue weighted by Crippen LogP contribution is 2.08. The van der Waals surface area contributed by atoms with E-state index in [4.69, 9.17) is 0 Å². The third kappa shape index (κ3) is 3.21. The van der Waals surface area contributed by atoms with Crippen LogP contribution < -0.4 is 0 Å². The molecule has 0 radical (unpaired) electrons. The van der Waals surface area contributed by atoms with Gasteiger partial charge in [-0.15, -0.1) is 0 Å². The zero-order valence-electron chi connectivity index (χ0n) is 8.33. The van der Waals surface area contributed by atoms with Gasteiger partial charge in [-0.25, -0.2) is 0 Å². The SMILES string of the molecule is CCC(O)C(C)N(C)C(C)C. The van der Waals surface area contributed by atoms with Crippen molar-refractivity contribution in [1.29, 1.82) is 0 Å². The molecule has 0 aromatic heterocycles. The Kier molecular flexibility index (Phi) is 4.69. The van der Waals surface area contributed by atoms with Crippen LogP contribution in [0.3, 0.4) is 0 Å². The van der Waals surface area contributed by atoms with Gasteiger partial charge in [0.15, 0.2) is 0 Å². The molecule has 0 aliphatic carbocycles. The molecule has 0 aliphatic rings. The van der Waals surface area contributed by atoms with Crippen LogP contribution in [0.1, 0.15) is 34.1 Å². The Labute approximate surface area is 70.2 Å². The van der Waals surface area contributed by atoms with Gasteiger partial charge in [0.25, 0.3) is 0 Å². The number of hydrogen-bond acceptors (Lipinski definition) is 2. The van der Waals surface area contributed by atoms with Gasteiger partial charge >= 0.3 is 0 Å². The van der Waals surface area contributed by atoms with Gasteiger partial charge in [0.2, 0.25) is 0 Å². The largest absolute Gasteiger partial charge is 0.392 e. The molecule has 0 aromatic rings. The van der Waals surface area contributed by atoms with Crippen LogP contribution in [-0.2, 0) is 0 Å². The van der Waals surface area contributed by atoms with Crippen LogP contribution in [0.15, 0.2) is 0 Å². The van der Waals surface area contributed by atoms with Crippen molar-refractivity contribution in [2.75, 3.05) is 7.05 Å². The maximum absolute atomic E-state index is 9.50. The van der Waals surface area contributed by atoms with E-state index in [2.05, 4.69) is 25.7 Å². The van der Waals surface area contributed by atoms with Gasteiger partial charge in [0.05, 0.1) is 6.10 Å². The molecule has 0 rings (SSSR count). The summed E-state index contributed by atoms with van der Waals surface area (Å²) in [6, 6.07) is 0.770. The minimum absolute atomic E-state index is 0.192. The highest BCUT2D eigenvalue weighted by atomic mass is 16.3. The lowest BCUT2D eigenvalue weighted by Gasteiger charge is -2.31. The Morgan fingerprint density at radius 3 is 2.00 bits per heavy atom. The van der Waals surface area contributed by atoms with Crippen molar-refractivity contribution in [2.24, 2.45) is 0 Å². The van der Waals surface area contributed by atoms with E-state index in [0.717, 1.165) is 6.42 Å². The summed E-state index contributed by atoms with van der Waals surface area (Å²) in [6.07, 6.45) is 0.639. The lowest BCUT2D eigenvalue weighted by molar-refractivity contribution is 0.0553. The second-order valence-corrected chi connectivity index (χ2v) is 3.48. The maximum Gasteiger partial charge on any atom is 0.0690 e. The number of likely N-dealkylation sites (N-methyl/N-ethyl adjacent to an activating group) is 1. The normalized spacial score (nSPS) is 17.5. The minimum Gasteiger partial charge on any atom is -0.392 e. The first kappa shape index (κ1) is 10.9. The van der Waals surface area contributed by atoms with Gasteiger partial charge in [0, 0.05) is 12.1 Å². The van der Waals surface area contributed by atoms with Crippen LogP contribution >= 0.6 is 0 Å². The summed E-state index contributed by atoms with van der Waals surface area (Å²) in [5.74, 6) is 0. The van der Waals surface area contributed by atoms with E-state index in [1.165, 1.54) is 0 Å². The first-order chi connectivity index (χ1) is 5.00. The molecule has 0 aliphatic heterocycles. The number of nitrogens with zero attached hydrogens (tertiary/aromatic N) is 1. The second kappa shape index (κ2) is 4.73. The first-order valence-corrected chi connectivity index (χ1v) is 4.40. The molecule has 2 atom stereocenters. The Morgan fingerprint density at radius 2 is 1.73 bits per heavy atom. The van der Waals surface area contributed by atoms with E-state index in [1.54, 1.807) is 0 Å². The maximum atomic E-state index is 9.50. The summed E-state index contributed by atoms with van der Waals surface area (Å²) in [7, 11) is 2.05. The summed E-state index contributed by atoms with van der Waals surface area (Å²) in [5.41, 5.74) is 0. The lowest BCUT2D eigenvalue weighted by Crippen LogP contribution is -2.42. The lowest BCUT2D eigenvalue weighted by atomic mass is 10.1. The van der Waals surface area contributed by atoms with Crippen molar-refractivity contribution in [3.05, 3.63) is 0 Å². The predicted molar refractivity (Wildman–Crippen MR) is 48.7 cm³/mol. The van der Waals surface area contributed by atoms with Gasteiger partial charge < -0.3 is 5.11 Å². The summed E-state index contributed by atoms with van der Waals surface area (Å²) in [6.45, 7) is 8.35. The Hall–Kier alpha value is -0.0800. The first-order valence-electron chi connectivity index (χ1n) is 4.40. The third-order valence-corrected chi connectivity index (χ3v) is 2.43. The molecule has 0 bridgehead atoms. The zero-order valence-corrected chi connectivity index (χ0v) is 8.33. The molecule has 11 heavy (non-hydrogen) atoms. The number of rotatable bonds is 4. The molecule has 0 saturated carbocycles. The van der Waals surface area contributed by atoms with E-state index in [-0.39, 0.29) is 12.1 Å². The molecule has 1 N–H and O–H groups in total. The van der Waals surface area contributed by atoms with Gasteiger partial charge in [-0.1, -0.05) is 6.92 Å². The van der Waals surface area contributed by atoms with Crippen LogP contribution in [0.2, 0.25) is 0 Å². The quantitative estimate of drug-likeness (QED) is 0.671. The van der Waals surface area contributed by atoms with Crippen molar-refractivity contribution < 1.29 is 5.11 Å². The number of aliphatic hydroxyl groups excluding tert-OH is 1. The molecule has 2 heteroatoms. The third-order valence-electron chi connectivity index (χ3n) is 2.43. The molecule has 2 unspecified atom stereocenters. The topological polar surface area (TPSA) is 23.5 Å². The summed E-state index contributed by atoms with van der Waals surface area (Å²) in [4.78, 5) is 2.19. The molecular formula is C9H21NO. The second-order valence-electron chi connectivity index (χ2n) is 3.48. The van der Waals surface area contributed by atoms with Crippen LogP contribution in [0.4, 0.5) is 0 Å². The minimum atomic E-state index is -0.192. The molecule has 2 nitrogen and oxygen atoms in total. The van der Waals surface area contributed by atoms with Crippen molar-refractivity contribution >= 4 is 0 Å². The Morgan fingerprint density at radius 1 is 1.27 bits per heavy atom. The molecular weight excluding hydrogens is 138 g/mol. The van der Waals surface area contributed by atoms with Crippen molar-refractivity contribution in [3.8, 4) is 0 Å². The predicted octanol–water partition coefficient (Wildman–Crippen LogP) is 1.49. The van der Waals surface area contributed by atoms with E-state index in [1.807, 2.05) is 14.0 Å². The highest BCUT2D eigenvalue weighted by Gasteiger charge is 2.18. The van der Waals surface area contributed by atoms with Crippen LogP contribution in [-0.4, -0.2) is 35.2 Å². The number of aliphatic hydroxyl groups is 1. The molecule has 0 spiro atoms. The van der Waals surface area contributed by atoms with Crippen LogP contribution in [0, 0.1) is 0 Å². The van der Waals surface area contributed by atoms with Crippen LogP contribution in [0.25, 0.3) is 0 Å². The standard InChI is InChI=1S/C9H21NO/c1-6-9(11)8(4)10(5)7(2)3/h7-9,11H,6H2,1-5H3. The van der Waals surface area contributed by atoms with Gasteiger partial charge in [-0.2, -0.15) is 0 Å². The summed E-state index contributed by atoms with van der Waals surface area (Å²) in [5, 5.41) is 9.50. The molecule has 0 amide bonds.